The summed E-state index contributed by atoms with van der Waals surface area (Å²) in [5.41, 5.74) is 6.21. The van der Waals surface area contributed by atoms with Crippen molar-refractivity contribution >= 4 is 17.9 Å². The van der Waals surface area contributed by atoms with Crippen LogP contribution >= 0.6 is 0 Å². The van der Waals surface area contributed by atoms with Gasteiger partial charge >= 0.3 is 6.09 Å². The van der Waals surface area contributed by atoms with Crippen LogP contribution in [0.15, 0.2) is 0 Å². The van der Waals surface area contributed by atoms with Gasteiger partial charge in [0.15, 0.2) is 0 Å². The number of carbonyl (C=O) groups excluding carboxylic acids is 3. The molecule has 3 rings (SSSR count). The first-order chi connectivity index (χ1) is 13.6. The molecule has 2 aliphatic heterocycles. The van der Waals surface area contributed by atoms with E-state index < -0.39 is 30.3 Å². The van der Waals surface area contributed by atoms with E-state index in [0.29, 0.717) is 38.8 Å². The number of amides is 3. The molecule has 0 spiro atoms. The number of hydrogen-bond donors (Lipinski definition) is 1. The van der Waals surface area contributed by atoms with Gasteiger partial charge in [0, 0.05) is 33.1 Å². The second kappa shape index (κ2) is 8.41. The van der Waals surface area contributed by atoms with Crippen molar-refractivity contribution in [1.29, 1.82) is 0 Å². The highest BCUT2D eigenvalue weighted by atomic mass is 19.3. The third-order valence-corrected chi connectivity index (χ3v) is 6.36. The van der Waals surface area contributed by atoms with Crippen LogP contribution in [0.5, 0.6) is 0 Å². The number of hydrogen-bond acceptors (Lipinski definition) is 5. The lowest BCUT2D eigenvalue weighted by molar-refractivity contribution is -0.144. The van der Waals surface area contributed by atoms with Gasteiger partial charge < -0.3 is 25.2 Å². The summed E-state index contributed by atoms with van der Waals surface area (Å²) in [6.07, 6.45) is 1.97. The van der Waals surface area contributed by atoms with Crippen LogP contribution in [-0.4, -0.2) is 91.0 Å². The van der Waals surface area contributed by atoms with E-state index in [1.165, 1.54) is 4.90 Å². The molecule has 2 heterocycles. The molecule has 1 saturated carbocycles. The Morgan fingerprint density at radius 2 is 1.86 bits per heavy atom. The topological polar surface area (TPSA) is 96.2 Å². The third kappa shape index (κ3) is 4.62. The van der Waals surface area contributed by atoms with Crippen molar-refractivity contribution in [2.75, 3.05) is 40.3 Å². The van der Waals surface area contributed by atoms with Crippen LogP contribution in [0.1, 0.15) is 32.1 Å². The minimum atomic E-state index is -2.90. The zero-order chi connectivity index (χ0) is 21.3. The van der Waals surface area contributed by atoms with Gasteiger partial charge in [-0.3, -0.25) is 9.59 Å². The molecule has 1 aliphatic carbocycles. The van der Waals surface area contributed by atoms with Crippen LogP contribution in [0.4, 0.5) is 13.6 Å². The Balaban J connectivity index is 1.68. The quantitative estimate of drug-likeness (QED) is 0.718. The summed E-state index contributed by atoms with van der Waals surface area (Å²) < 4.78 is 32.1. The maximum Gasteiger partial charge on any atom is 0.410 e. The standard InChI is InChI=1S/C19H30F2N4O4/c1-23(2)16(26)14(15(22)17(27)24-8-7-19(20,21)11-24)12-3-5-13(6-4-12)25-9-10-29-18(25)28/h12-15H,3-11,22H2,1-2H3/t12?,13?,14-,15-/m0/s1. The summed E-state index contributed by atoms with van der Waals surface area (Å²) in [7, 11) is 3.20. The van der Waals surface area contributed by atoms with E-state index in [0.717, 1.165) is 4.90 Å². The lowest BCUT2D eigenvalue weighted by Crippen LogP contribution is -2.54. The molecule has 0 unspecified atom stereocenters. The molecule has 2 saturated heterocycles. The Morgan fingerprint density at radius 1 is 1.21 bits per heavy atom. The van der Waals surface area contributed by atoms with Crippen LogP contribution in [0.3, 0.4) is 0 Å². The molecular formula is C19H30F2N4O4. The number of ether oxygens (including phenoxy) is 1. The molecule has 0 bridgehead atoms. The summed E-state index contributed by atoms with van der Waals surface area (Å²) in [4.78, 5) is 41.6. The van der Waals surface area contributed by atoms with Gasteiger partial charge in [-0.15, -0.1) is 0 Å². The molecule has 164 valence electrons. The van der Waals surface area contributed by atoms with Gasteiger partial charge in [-0.05, 0) is 31.6 Å². The molecule has 10 heteroatoms. The number of alkyl halides is 2. The Labute approximate surface area is 169 Å². The zero-order valence-electron chi connectivity index (χ0n) is 17.0. The van der Waals surface area contributed by atoms with Crippen LogP contribution in [0.2, 0.25) is 0 Å². The fourth-order valence-electron chi connectivity index (χ4n) is 4.74. The smallest absolute Gasteiger partial charge is 0.410 e. The van der Waals surface area contributed by atoms with E-state index in [-0.39, 0.29) is 36.9 Å². The molecule has 8 nitrogen and oxygen atoms in total. The Hall–Kier alpha value is -1.97. The molecular weight excluding hydrogens is 386 g/mol. The van der Waals surface area contributed by atoms with Crippen molar-refractivity contribution in [2.45, 2.75) is 50.1 Å². The average Bonchev–Trinajstić information content (AvgIpc) is 3.26. The van der Waals surface area contributed by atoms with Crippen LogP contribution in [-0.2, 0) is 14.3 Å². The minimum Gasteiger partial charge on any atom is -0.448 e. The third-order valence-electron chi connectivity index (χ3n) is 6.36. The lowest BCUT2D eigenvalue weighted by Gasteiger charge is -2.39. The van der Waals surface area contributed by atoms with Gasteiger partial charge in [0.25, 0.3) is 5.92 Å². The number of likely N-dealkylation sites (tertiary alicyclic amines) is 1. The highest BCUT2D eigenvalue weighted by Crippen LogP contribution is 2.36. The predicted octanol–water partition coefficient (Wildman–Crippen LogP) is 0.897. The summed E-state index contributed by atoms with van der Waals surface area (Å²) >= 11 is 0. The van der Waals surface area contributed by atoms with E-state index in [4.69, 9.17) is 10.5 Å². The minimum absolute atomic E-state index is 0.0494. The van der Waals surface area contributed by atoms with Crippen molar-refractivity contribution in [1.82, 2.24) is 14.7 Å². The fourth-order valence-corrected chi connectivity index (χ4v) is 4.74. The number of nitrogens with zero attached hydrogens (tertiary/aromatic N) is 3. The molecule has 3 aliphatic rings. The van der Waals surface area contributed by atoms with Crippen molar-refractivity contribution in [3.05, 3.63) is 0 Å². The van der Waals surface area contributed by atoms with Crippen molar-refractivity contribution in [3.63, 3.8) is 0 Å². The molecule has 0 aromatic carbocycles. The van der Waals surface area contributed by atoms with E-state index in [2.05, 4.69) is 0 Å². The van der Waals surface area contributed by atoms with Crippen molar-refractivity contribution in [2.24, 2.45) is 17.6 Å². The molecule has 3 amide bonds. The number of nitrogens with two attached hydrogens (primary N) is 1. The first-order valence-electron chi connectivity index (χ1n) is 10.2. The highest BCUT2D eigenvalue weighted by Gasteiger charge is 2.46. The molecule has 0 radical (unpaired) electrons. The molecule has 3 fully saturated rings. The number of carbonyl (C=O) groups is 3. The maximum atomic E-state index is 13.5. The van der Waals surface area contributed by atoms with Crippen molar-refractivity contribution in [3.8, 4) is 0 Å². The molecule has 2 N–H and O–H groups in total. The van der Waals surface area contributed by atoms with Gasteiger partial charge in [-0.25, -0.2) is 13.6 Å². The molecule has 29 heavy (non-hydrogen) atoms. The first kappa shape index (κ1) is 21.7. The molecule has 2 atom stereocenters. The van der Waals surface area contributed by atoms with Crippen LogP contribution < -0.4 is 5.73 Å². The lowest BCUT2D eigenvalue weighted by atomic mass is 9.74. The van der Waals surface area contributed by atoms with Gasteiger partial charge in [-0.1, -0.05) is 0 Å². The number of rotatable bonds is 5. The normalized spacial score (nSPS) is 28.8. The van der Waals surface area contributed by atoms with Crippen LogP contribution in [0.25, 0.3) is 0 Å². The monoisotopic (exact) mass is 416 g/mol. The second-order valence-corrected chi connectivity index (χ2v) is 8.53. The number of halogens is 2. The second-order valence-electron chi connectivity index (χ2n) is 8.53. The largest absolute Gasteiger partial charge is 0.448 e. The Morgan fingerprint density at radius 3 is 2.34 bits per heavy atom. The first-order valence-corrected chi connectivity index (χ1v) is 10.2. The molecule has 0 aromatic rings. The van der Waals surface area contributed by atoms with E-state index in [1.54, 1.807) is 19.0 Å². The summed E-state index contributed by atoms with van der Waals surface area (Å²) in [5.74, 6) is -4.66. The zero-order valence-corrected chi connectivity index (χ0v) is 17.0. The van der Waals surface area contributed by atoms with Gasteiger partial charge in [-0.2, -0.15) is 0 Å². The Bertz CT molecular complexity index is 652. The van der Waals surface area contributed by atoms with Gasteiger partial charge in [0.05, 0.1) is 25.0 Å². The fraction of sp³-hybridized carbons (Fsp3) is 0.842. The van der Waals surface area contributed by atoms with Gasteiger partial charge in [0.2, 0.25) is 11.8 Å². The van der Waals surface area contributed by atoms with E-state index >= 15 is 0 Å². The van der Waals surface area contributed by atoms with Gasteiger partial charge in [0.1, 0.15) is 6.61 Å². The Kier molecular flexibility index (Phi) is 6.30. The van der Waals surface area contributed by atoms with E-state index in [1.807, 2.05) is 0 Å². The van der Waals surface area contributed by atoms with E-state index in [9.17, 15) is 23.2 Å². The summed E-state index contributed by atoms with van der Waals surface area (Å²) in [6, 6.07) is -1.10. The average molecular weight is 416 g/mol. The predicted molar refractivity (Wildman–Crippen MR) is 100 cm³/mol. The SMILES string of the molecule is CN(C)C(=O)[C@@H](C1CCC(N2CCOC2=O)CC1)[C@H](N)C(=O)N1CCC(F)(F)C1. The summed E-state index contributed by atoms with van der Waals surface area (Å²) in [5, 5.41) is 0. The summed E-state index contributed by atoms with van der Waals surface area (Å²) in [6.45, 7) is 0.258. The maximum absolute atomic E-state index is 13.5. The molecule has 0 aromatic heterocycles. The number of cyclic esters (lactones) is 1. The van der Waals surface area contributed by atoms with Crippen molar-refractivity contribution < 1.29 is 27.9 Å². The van der Waals surface area contributed by atoms with Crippen LogP contribution in [0, 0.1) is 11.8 Å². The highest BCUT2D eigenvalue weighted by molar-refractivity contribution is 5.90.